The maximum absolute atomic E-state index is 11.2. The number of carbonyl (C=O) groups is 1. The smallest absolute Gasteiger partial charge is 0.220 e. The highest BCUT2D eigenvalue weighted by Crippen LogP contribution is 2.01. The fourth-order valence-electron chi connectivity index (χ4n) is 1.29. The Hall–Kier alpha value is -1.32. The van der Waals surface area contributed by atoms with E-state index < -0.39 is 0 Å². The van der Waals surface area contributed by atoms with Gasteiger partial charge in [-0.1, -0.05) is 18.5 Å². The second kappa shape index (κ2) is 6.22. The molecule has 0 bridgehead atoms. The number of aryl methyl sites for hydroxylation is 1. The minimum absolute atomic E-state index is 0.122. The molecule has 0 spiro atoms. The number of unbranched alkanes of at least 4 members (excludes halogenated alkanes) is 1. The molecule has 1 N–H and O–H groups in total. The van der Waals surface area contributed by atoms with Gasteiger partial charge in [-0.25, -0.2) is 0 Å². The molecule has 84 valence electrons. The lowest BCUT2D eigenvalue weighted by molar-refractivity contribution is -0.121. The normalized spacial score (nSPS) is 10.3. The van der Waals surface area contributed by atoms with Gasteiger partial charge in [0.25, 0.3) is 0 Å². The summed E-state index contributed by atoms with van der Waals surface area (Å²) in [6, 6.07) is 1.89. The predicted octanol–water partition coefficient (Wildman–Crippen LogP) is 1.83. The number of hydrogen-bond donors (Lipinski definition) is 1. The van der Waals surface area contributed by atoms with Crippen molar-refractivity contribution in [2.24, 2.45) is 0 Å². The number of hydrogen-bond acceptors (Lipinski definition) is 3. The molecule has 0 saturated carbocycles. The van der Waals surface area contributed by atoms with E-state index in [0.29, 0.717) is 13.0 Å². The van der Waals surface area contributed by atoms with Crippen molar-refractivity contribution in [1.29, 1.82) is 0 Å². The van der Waals surface area contributed by atoms with Crippen molar-refractivity contribution < 1.29 is 9.32 Å². The van der Waals surface area contributed by atoms with Gasteiger partial charge in [0.15, 0.2) is 0 Å². The summed E-state index contributed by atoms with van der Waals surface area (Å²) in [4.78, 5) is 11.2. The topological polar surface area (TPSA) is 55.1 Å². The molecule has 0 fully saturated rings. The fraction of sp³-hybridized carbons (Fsp3) is 0.636. The summed E-state index contributed by atoms with van der Waals surface area (Å²) in [5, 5.41) is 6.70. The Labute approximate surface area is 90.0 Å². The van der Waals surface area contributed by atoms with Crippen molar-refractivity contribution in [2.75, 3.05) is 6.54 Å². The van der Waals surface area contributed by atoms with Crippen LogP contribution in [-0.4, -0.2) is 17.6 Å². The van der Waals surface area contributed by atoms with E-state index in [0.717, 1.165) is 30.7 Å². The summed E-state index contributed by atoms with van der Waals surface area (Å²) >= 11 is 0. The van der Waals surface area contributed by atoms with Crippen LogP contribution >= 0.6 is 0 Å². The lowest BCUT2D eigenvalue weighted by Crippen LogP contribution is -2.25. The zero-order valence-electron chi connectivity index (χ0n) is 9.38. The van der Waals surface area contributed by atoms with Crippen molar-refractivity contribution in [1.82, 2.24) is 10.5 Å². The van der Waals surface area contributed by atoms with E-state index in [9.17, 15) is 4.79 Å². The molecule has 1 aromatic rings. The van der Waals surface area contributed by atoms with Crippen LogP contribution in [0.2, 0.25) is 0 Å². The Morgan fingerprint density at radius 2 is 2.40 bits per heavy atom. The number of aromatic nitrogens is 1. The van der Waals surface area contributed by atoms with Crippen molar-refractivity contribution in [3.8, 4) is 0 Å². The van der Waals surface area contributed by atoms with E-state index in [1.165, 1.54) is 0 Å². The molecule has 0 aliphatic carbocycles. The molecule has 0 aliphatic rings. The van der Waals surface area contributed by atoms with Gasteiger partial charge in [-0.3, -0.25) is 4.79 Å². The van der Waals surface area contributed by atoms with E-state index in [-0.39, 0.29) is 5.91 Å². The number of nitrogens with zero attached hydrogens (tertiary/aromatic N) is 1. The van der Waals surface area contributed by atoms with E-state index in [4.69, 9.17) is 4.52 Å². The molecule has 1 amide bonds. The predicted molar refractivity (Wildman–Crippen MR) is 57.5 cm³/mol. The van der Waals surface area contributed by atoms with Crippen LogP contribution in [0.5, 0.6) is 0 Å². The summed E-state index contributed by atoms with van der Waals surface area (Å²) in [5.41, 5.74) is 0.892. The molecule has 4 nitrogen and oxygen atoms in total. The third kappa shape index (κ3) is 4.63. The number of amides is 1. The van der Waals surface area contributed by atoms with Crippen LogP contribution in [0, 0.1) is 6.92 Å². The Morgan fingerprint density at radius 3 is 3.00 bits per heavy atom. The first-order valence-electron chi connectivity index (χ1n) is 5.41. The molecule has 0 aliphatic heterocycles. The first-order chi connectivity index (χ1) is 7.22. The second-order valence-electron chi connectivity index (χ2n) is 3.63. The highest BCUT2D eigenvalue weighted by Gasteiger charge is 2.02. The largest absolute Gasteiger partial charge is 0.361 e. The molecular weight excluding hydrogens is 192 g/mol. The highest BCUT2D eigenvalue weighted by atomic mass is 16.5. The monoisotopic (exact) mass is 210 g/mol. The quantitative estimate of drug-likeness (QED) is 0.779. The average molecular weight is 210 g/mol. The third-order valence-corrected chi connectivity index (χ3v) is 2.14. The van der Waals surface area contributed by atoms with Crippen molar-refractivity contribution in [2.45, 2.75) is 39.5 Å². The number of rotatable bonds is 6. The van der Waals surface area contributed by atoms with Gasteiger partial charge in [-0.05, 0) is 13.3 Å². The Bertz CT molecular complexity index is 307. The van der Waals surface area contributed by atoms with Crippen LogP contribution in [0.3, 0.4) is 0 Å². The van der Waals surface area contributed by atoms with Crippen LogP contribution < -0.4 is 5.32 Å². The minimum atomic E-state index is 0.122. The molecule has 4 heteroatoms. The number of carbonyl (C=O) groups excluding carboxylic acids is 1. The highest BCUT2D eigenvalue weighted by molar-refractivity contribution is 5.75. The molecular formula is C11H18N2O2. The fourth-order valence-corrected chi connectivity index (χ4v) is 1.29. The third-order valence-electron chi connectivity index (χ3n) is 2.14. The Kier molecular flexibility index (Phi) is 4.87. The summed E-state index contributed by atoms with van der Waals surface area (Å²) in [6.45, 7) is 4.57. The molecule has 0 unspecified atom stereocenters. The van der Waals surface area contributed by atoms with Crippen molar-refractivity contribution >= 4 is 5.91 Å². The van der Waals surface area contributed by atoms with E-state index in [1.807, 2.05) is 13.0 Å². The average Bonchev–Trinajstić information content (AvgIpc) is 2.61. The molecule has 1 rings (SSSR count). The lowest BCUT2D eigenvalue weighted by atomic mass is 10.2. The molecule has 0 atom stereocenters. The van der Waals surface area contributed by atoms with Crippen molar-refractivity contribution in [3.05, 3.63) is 17.5 Å². The van der Waals surface area contributed by atoms with Crippen LogP contribution in [0.25, 0.3) is 0 Å². The SMILES string of the molecule is CCCCC(=O)NCCc1cc(C)on1. The Balaban J connectivity index is 2.13. The number of nitrogens with one attached hydrogen (secondary N) is 1. The van der Waals surface area contributed by atoms with Crippen molar-refractivity contribution in [3.63, 3.8) is 0 Å². The Morgan fingerprint density at radius 1 is 1.60 bits per heavy atom. The first-order valence-corrected chi connectivity index (χ1v) is 5.41. The van der Waals surface area contributed by atoms with E-state index >= 15 is 0 Å². The molecule has 0 radical (unpaired) electrons. The summed E-state index contributed by atoms with van der Waals surface area (Å²) in [7, 11) is 0. The molecule has 0 aromatic carbocycles. The zero-order valence-corrected chi connectivity index (χ0v) is 9.38. The van der Waals surface area contributed by atoms with Crippen LogP contribution in [0.1, 0.15) is 37.6 Å². The molecule has 1 heterocycles. The van der Waals surface area contributed by atoms with Gasteiger partial charge in [-0.2, -0.15) is 0 Å². The maximum Gasteiger partial charge on any atom is 0.220 e. The second-order valence-corrected chi connectivity index (χ2v) is 3.63. The van der Waals surface area contributed by atoms with Crippen LogP contribution in [0.4, 0.5) is 0 Å². The van der Waals surface area contributed by atoms with E-state index in [1.54, 1.807) is 0 Å². The maximum atomic E-state index is 11.2. The van der Waals surface area contributed by atoms with Gasteiger partial charge in [0.05, 0.1) is 5.69 Å². The zero-order chi connectivity index (χ0) is 11.1. The van der Waals surface area contributed by atoms with E-state index in [2.05, 4.69) is 17.4 Å². The summed E-state index contributed by atoms with van der Waals surface area (Å²) in [6.07, 6.45) is 3.36. The first kappa shape index (κ1) is 11.8. The van der Waals surface area contributed by atoms with Crippen LogP contribution in [-0.2, 0) is 11.2 Å². The summed E-state index contributed by atoms with van der Waals surface area (Å²) in [5.74, 6) is 0.930. The van der Waals surface area contributed by atoms with Gasteiger partial charge >= 0.3 is 0 Å². The minimum Gasteiger partial charge on any atom is -0.361 e. The molecule has 1 aromatic heterocycles. The van der Waals surface area contributed by atoms with Crippen LogP contribution in [0.15, 0.2) is 10.6 Å². The van der Waals surface area contributed by atoms with Gasteiger partial charge in [-0.15, -0.1) is 0 Å². The van der Waals surface area contributed by atoms with Gasteiger partial charge in [0, 0.05) is 25.5 Å². The van der Waals surface area contributed by atoms with Gasteiger partial charge < -0.3 is 9.84 Å². The van der Waals surface area contributed by atoms with Gasteiger partial charge in [0.2, 0.25) is 5.91 Å². The lowest BCUT2D eigenvalue weighted by Gasteiger charge is -2.02. The standard InChI is InChI=1S/C11H18N2O2/c1-3-4-5-11(14)12-7-6-10-8-9(2)15-13-10/h8H,3-7H2,1-2H3,(H,12,14). The molecule has 0 saturated heterocycles. The van der Waals surface area contributed by atoms with Gasteiger partial charge in [0.1, 0.15) is 5.76 Å². The summed E-state index contributed by atoms with van der Waals surface area (Å²) < 4.78 is 4.92. The molecule has 15 heavy (non-hydrogen) atoms.